The van der Waals surface area contributed by atoms with Crippen molar-refractivity contribution in [3.63, 3.8) is 0 Å². The van der Waals surface area contributed by atoms with Crippen molar-refractivity contribution in [1.29, 1.82) is 0 Å². The van der Waals surface area contributed by atoms with Crippen LogP contribution in [0, 0.1) is 10.1 Å². The number of nitrogens with one attached hydrogen (secondary N) is 1. The second-order valence-corrected chi connectivity index (χ2v) is 5.43. The first-order chi connectivity index (χ1) is 10.7. The molecule has 0 heterocycles. The fourth-order valence-corrected chi connectivity index (χ4v) is 3.00. The van der Waals surface area contributed by atoms with E-state index in [1.165, 1.54) is 18.2 Å². The molecule has 2 aromatic rings. The molecule has 5 heteroatoms. The van der Waals surface area contributed by atoms with Crippen molar-refractivity contribution in [3.05, 3.63) is 69.3 Å². The van der Waals surface area contributed by atoms with Gasteiger partial charge in [-0.1, -0.05) is 30.3 Å². The second kappa shape index (κ2) is 6.15. The van der Waals surface area contributed by atoms with E-state index in [1.54, 1.807) is 12.1 Å². The van der Waals surface area contributed by atoms with Gasteiger partial charge in [0.1, 0.15) is 0 Å². The lowest BCUT2D eigenvalue weighted by Crippen LogP contribution is -2.18. The minimum absolute atomic E-state index is 0.00798. The molecule has 1 N–H and O–H groups in total. The zero-order valence-electron chi connectivity index (χ0n) is 12.4. The fraction of sp³-hybridized carbons (Fsp3) is 0.294. The van der Waals surface area contributed by atoms with Gasteiger partial charge in [-0.2, -0.15) is 0 Å². The number of hydrogen-bond acceptors (Lipinski definition) is 4. The number of benzene rings is 2. The summed E-state index contributed by atoms with van der Waals surface area (Å²) < 4.78 is 5.02. The van der Waals surface area contributed by atoms with Gasteiger partial charge in [-0.05, 0) is 35.6 Å². The molecule has 0 fully saturated rings. The predicted molar refractivity (Wildman–Crippen MR) is 84.0 cm³/mol. The molecule has 22 heavy (non-hydrogen) atoms. The highest BCUT2D eigenvalue weighted by atomic mass is 16.6. The SMILES string of the molecule is COc1ccc(CNC2CCc3ccccc32)cc1[N+](=O)[O-]. The Labute approximate surface area is 129 Å². The molecule has 0 radical (unpaired) electrons. The first kappa shape index (κ1) is 14.5. The molecule has 0 bridgehead atoms. The van der Waals surface area contributed by atoms with Gasteiger partial charge in [-0.3, -0.25) is 10.1 Å². The smallest absolute Gasteiger partial charge is 0.311 e. The number of ether oxygens (including phenoxy) is 1. The van der Waals surface area contributed by atoms with Crippen LogP contribution in [0.25, 0.3) is 0 Å². The molecule has 0 aromatic heterocycles. The van der Waals surface area contributed by atoms with E-state index in [0.717, 1.165) is 18.4 Å². The van der Waals surface area contributed by atoms with Gasteiger partial charge in [0, 0.05) is 18.7 Å². The maximum atomic E-state index is 11.1. The van der Waals surface area contributed by atoms with E-state index >= 15 is 0 Å². The average Bonchev–Trinajstić information content (AvgIpc) is 2.96. The van der Waals surface area contributed by atoms with Crippen LogP contribution < -0.4 is 10.1 Å². The molecule has 0 saturated heterocycles. The van der Waals surface area contributed by atoms with E-state index in [-0.39, 0.29) is 5.69 Å². The van der Waals surface area contributed by atoms with Gasteiger partial charge in [-0.15, -0.1) is 0 Å². The lowest BCUT2D eigenvalue weighted by Gasteiger charge is -2.14. The summed E-state index contributed by atoms with van der Waals surface area (Å²) >= 11 is 0. The molecule has 1 aliphatic carbocycles. The Balaban J connectivity index is 1.72. The van der Waals surface area contributed by atoms with Crippen LogP contribution in [0.2, 0.25) is 0 Å². The van der Waals surface area contributed by atoms with Crippen LogP contribution in [0.3, 0.4) is 0 Å². The summed E-state index contributed by atoms with van der Waals surface area (Å²) in [5, 5.41) is 14.6. The number of nitro benzene ring substituents is 1. The number of hydrogen-bond donors (Lipinski definition) is 1. The number of rotatable bonds is 5. The minimum Gasteiger partial charge on any atom is -0.490 e. The number of methoxy groups -OCH3 is 1. The minimum atomic E-state index is -0.410. The second-order valence-electron chi connectivity index (χ2n) is 5.43. The van der Waals surface area contributed by atoms with Crippen LogP contribution in [-0.4, -0.2) is 12.0 Å². The van der Waals surface area contributed by atoms with Gasteiger partial charge in [0.05, 0.1) is 12.0 Å². The fourth-order valence-electron chi connectivity index (χ4n) is 3.00. The van der Waals surface area contributed by atoms with Crippen molar-refractivity contribution in [2.24, 2.45) is 0 Å². The summed E-state index contributed by atoms with van der Waals surface area (Å²) in [7, 11) is 1.44. The van der Waals surface area contributed by atoms with E-state index in [9.17, 15) is 10.1 Å². The highest BCUT2D eigenvalue weighted by Crippen LogP contribution is 2.32. The quantitative estimate of drug-likeness (QED) is 0.679. The summed E-state index contributed by atoms with van der Waals surface area (Å²) in [6.45, 7) is 0.601. The van der Waals surface area contributed by atoms with Crippen molar-refractivity contribution >= 4 is 5.69 Å². The van der Waals surface area contributed by atoms with Crippen molar-refractivity contribution in [2.75, 3.05) is 7.11 Å². The highest BCUT2D eigenvalue weighted by molar-refractivity contribution is 5.48. The standard InChI is InChI=1S/C17H18N2O3/c1-22-17-9-6-12(10-16(17)19(20)21)11-18-15-8-7-13-4-2-3-5-14(13)15/h2-6,9-10,15,18H,7-8,11H2,1H3. The van der Waals surface area contributed by atoms with Gasteiger partial charge in [0.25, 0.3) is 0 Å². The largest absolute Gasteiger partial charge is 0.490 e. The summed E-state index contributed by atoms with van der Waals surface area (Å²) in [6, 6.07) is 13.8. The summed E-state index contributed by atoms with van der Waals surface area (Å²) in [6.07, 6.45) is 2.15. The van der Waals surface area contributed by atoms with Gasteiger partial charge in [0.15, 0.2) is 5.75 Å². The maximum Gasteiger partial charge on any atom is 0.311 e. The molecule has 0 amide bonds. The van der Waals surface area contributed by atoms with E-state index in [2.05, 4.69) is 29.6 Å². The van der Waals surface area contributed by atoms with E-state index < -0.39 is 4.92 Å². The summed E-state index contributed by atoms with van der Waals surface area (Å²) in [5.74, 6) is 0.292. The molecule has 0 saturated carbocycles. The molecular weight excluding hydrogens is 280 g/mol. The molecule has 3 rings (SSSR count). The first-order valence-corrected chi connectivity index (χ1v) is 7.31. The lowest BCUT2D eigenvalue weighted by molar-refractivity contribution is -0.385. The van der Waals surface area contributed by atoms with Crippen molar-refractivity contribution in [1.82, 2.24) is 5.32 Å². The maximum absolute atomic E-state index is 11.1. The normalized spacial score (nSPS) is 16.3. The molecule has 5 nitrogen and oxygen atoms in total. The van der Waals surface area contributed by atoms with Crippen LogP contribution in [0.4, 0.5) is 5.69 Å². The van der Waals surface area contributed by atoms with Gasteiger partial charge in [0.2, 0.25) is 0 Å². The Hall–Kier alpha value is -2.40. The molecule has 1 atom stereocenters. The third-order valence-electron chi connectivity index (χ3n) is 4.13. The third kappa shape index (κ3) is 2.80. The number of aryl methyl sites for hydroxylation is 1. The molecule has 114 valence electrons. The molecule has 1 aliphatic rings. The van der Waals surface area contributed by atoms with Crippen molar-refractivity contribution in [2.45, 2.75) is 25.4 Å². The zero-order valence-corrected chi connectivity index (χ0v) is 12.4. The lowest BCUT2D eigenvalue weighted by atomic mass is 10.1. The summed E-state index contributed by atoms with van der Waals surface area (Å²) in [5.41, 5.74) is 3.62. The van der Waals surface area contributed by atoms with Crippen LogP contribution in [0.5, 0.6) is 5.75 Å². The molecular formula is C17H18N2O3. The molecule has 1 unspecified atom stereocenters. The van der Waals surface area contributed by atoms with E-state index in [4.69, 9.17) is 4.74 Å². The number of nitrogens with zero attached hydrogens (tertiary/aromatic N) is 1. The Morgan fingerprint density at radius 1 is 1.32 bits per heavy atom. The highest BCUT2D eigenvalue weighted by Gasteiger charge is 2.21. The summed E-state index contributed by atoms with van der Waals surface area (Å²) in [4.78, 5) is 10.7. The Morgan fingerprint density at radius 3 is 2.91 bits per heavy atom. The van der Waals surface area contributed by atoms with Gasteiger partial charge < -0.3 is 10.1 Å². The zero-order chi connectivity index (χ0) is 15.5. The molecule has 2 aromatic carbocycles. The number of fused-ring (bicyclic) bond motifs is 1. The predicted octanol–water partition coefficient (Wildman–Crippen LogP) is 3.38. The molecule has 0 aliphatic heterocycles. The topological polar surface area (TPSA) is 64.4 Å². The van der Waals surface area contributed by atoms with Crippen molar-refractivity contribution < 1.29 is 9.66 Å². The van der Waals surface area contributed by atoms with Gasteiger partial charge in [-0.25, -0.2) is 0 Å². The van der Waals surface area contributed by atoms with E-state index in [1.807, 2.05) is 6.07 Å². The Morgan fingerprint density at radius 2 is 2.14 bits per heavy atom. The van der Waals surface area contributed by atoms with Crippen LogP contribution in [0.1, 0.15) is 29.2 Å². The van der Waals surface area contributed by atoms with Gasteiger partial charge >= 0.3 is 5.69 Å². The third-order valence-corrected chi connectivity index (χ3v) is 4.13. The Bertz CT molecular complexity index is 700. The van der Waals surface area contributed by atoms with E-state index in [0.29, 0.717) is 18.3 Å². The average molecular weight is 298 g/mol. The van der Waals surface area contributed by atoms with Crippen LogP contribution >= 0.6 is 0 Å². The number of nitro groups is 1. The first-order valence-electron chi connectivity index (χ1n) is 7.31. The Kier molecular flexibility index (Phi) is 4.06. The van der Waals surface area contributed by atoms with Crippen molar-refractivity contribution in [3.8, 4) is 5.75 Å². The van der Waals surface area contributed by atoms with Crippen LogP contribution in [-0.2, 0) is 13.0 Å². The monoisotopic (exact) mass is 298 g/mol. The van der Waals surface area contributed by atoms with Crippen LogP contribution in [0.15, 0.2) is 42.5 Å². The molecule has 0 spiro atoms.